The molecule has 9 heteroatoms. The maximum atomic E-state index is 6.40. The predicted molar refractivity (Wildman–Crippen MR) is 163 cm³/mol. The highest BCUT2D eigenvalue weighted by Crippen LogP contribution is 2.45. The molecule has 8 nitrogen and oxygen atoms in total. The summed E-state index contributed by atoms with van der Waals surface area (Å²) in [5.41, 5.74) is 0.354. The van der Waals surface area contributed by atoms with Crippen LogP contribution in [0.1, 0.15) is 94.4 Å². The fourth-order valence-corrected chi connectivity index (χ4v) is 6.84. The van der Waals surface area contributed by atoms with Crippen LogP contribution in [0.5, 0.6) is 0 Å². The lowest BCUT2D eigenvalue weighted by molar-refractivity contribution is -0.0576. The van der Waals surface area contributed by atoms with Gasteiger partial charge in [-0.25, -0.2) is 0 Å². The van der Waals surface area contributed by atoms with Gasteiger partial charge in [0.05, 0.1) is 12.3 Å². The largest absolute Gasteiger partial charge is 0.412 e. The van der Waals surface area contributed by atoms with E-state index in [2.05, 4.69) is 63.6 Å². The van der Waals surface area contributed by atoms with Crippen LogP contribution in [0.15, 0.2) is 0 Å². The Kier molecular flexibility index (Phi) is 20.6. The summed E-state index contributed by atoms with van der Waals surface area (Å²) in [5, 5.41) is 4.42. The molecule has 0 radical (unpaired) electrons. The van der Waals surface area contributed by atoms with E-state index in [0.717, 1.165) is 37.6 Å². The monoisotopic (exact) mass is 571 g/mol. The average Bonchev–Trinajstić information content (AvgIpc) is 3.17. The van der Waals surface area contributed by atoms with Crippen molar-refractivity contribution in [1.82, 2.24) is 15.1 Å². The lowest BCUT2D eigenvalue weighted by Gasteiger charge is -2.49. The van der Waals surface area contributed by atoms with E-state index in [1.165, 1.54) is 64.7 Å². The lowest BCUT2D eigenvalue weighted by atomic mass is 9.64. The van der Waals surface area contributed by atoms with Crippen LogP contribution in [0.4, 0.5) is 0 Å². The van der Waals surface area contributed by atoms with E-state index >= 15 is 0 Å². The summed E-state index contributed by atoms with van der Waals surface area (Å²) in [6, 6.07) is 0.573. The Balaban J connectivity index is -0.00000245. The van der Waals surface area contributed by atoms with Crippen molar-refractivity contribution in [3.05, 3.63) is 0 Å². The summed E-state index contributed by atoms with van der Waals surface area (Å²) in [5.74, 6) is 3.16. The van der Waals surface area contributed by atoms with Crippen molar-refractivity contribution < 1.29 is 26.6 Å². The van der Waals surface area contributed by atoms with Crippen LogP contribution in [0.25, 0.3) is 0 Å². The SMILES string of the molecule is C.CC(C)[C@H](CN1CCC(C2CCC(Cl)CC2)C(C)(C)C1)NC[C@@H]1CCN(COC(C)(C)C)C1.O.O.O.O. The third-order valence-corrected chi connectivity index (χ3v) is 9.08. The first-order valence-corrected chi connectivity index (χ1v) is 14.3. The molecule has 1 unspecified atom stereocenters. The Hall–Kier alpha value is -0.0300. The van der Waals surface area contributed by atoms with Crippen LogP contribution >= 0.6 is 11.6 Å². The molecule has 2 heterocycles. The summed E-state index contributed by atoms with van der Waals surface area (Å²) in [7, 11) is 0. The highest BCUT2D eigenvalue weighted by Gasteiger charge is 2.41. The van der Waals surface area contributed by atoms with Crippen molar-refractivity contribution in [2.24, 2.45) is 29.1 Å². The quantitative estimate of drug-likeness (QED) is 0.422. The third-order valence-electron chi connectivity index (χ3n) is 8.64. The van der Waals surface area contributed by atoms with Crippen molar-refractivity contribution >= 4 is 11.6 Å². The average molecular weight is 572 g/mol. The zero-order chi connectivity index (χ0) is 24.2. The van der Waals surface area contributed by atoms with Crippen molar-refractivity contribution in [1.29, 1.82) is 0 Å². The Morgan fingerprint density at radius 2 is 1.50 bits per heavy atom. The molecule has 9 N–H and O–H groups in total. The maximum absolute atomic E-state index is 6.40. The Morgan fingerprint density at radius 1 is 0.921 bits per heavy atom. The zero-order valence-electron chi connectivity index (χ0n) is 24.8. The number of rotatable bonds is 9. The Bertz CT molecular complexity index is 597. The number of piperidine rings is 1. The second-order valence-electron chi connectivity index (χ2n) is 13.5. The van der Waals surface area contributed by atoms with Crippen LogP contribution in [0.2, 0.25) is 0 Å². The Morgan fingerprint density at radius 3 is 2.03 bits per heavy atom. The van der Waals surface area contributed by atoms with Gasteiger partial charge in [-0.1, -0.05) is 35.1 Å². The molecule has 2 saturated heterocycles. The minimum Gasteiger partial charge on any atom is -0.412 e. The van der Waals surface area contributed by atoms with Crippen LogP contribution in [0, 0.1) is 29.1 Å². The van der Waals surface area contributed by atoms with E-state index in [4.69, 9.17) is 16.3 Å². The van der Waals surface area contributed by atoms with Gasteiger partial charge in [0.25, 0.3) is 0 Å². The number of ether oxygens (including phenoxy) is 1. The van der Waals surface area contributed by atoms with Crippen molar-refractivity contribution in [3.63, 3.8) is 0 Å². The summed E-state index contributed by atoms with van der Waals surface area (Å²) < 4.78 is 6.00. The summed E-state index contributed by atoms with van der Waals surface area (Å²) in [4.78, 5) is 5.24. The number of likely N-dealkylation sites (tertiary alicyclic amines) is 2. The van der Waals surface area contributed by atoms with Gasteiger partial charge in [0.2, 0.25) is 0 Å². The molecule has 3 atom stereocenters. The molecular weight excluding hydrogens is 506 g/mol. The van der Waals surface area contributed by atoms with Gasteiger partial charge < -0.3 is 36.9 Å². The molecule has 234 valence electrons. The lowest BCUT2D eigenvalue weighted by Crippen LogP contribution is -2.53. The van der Waals surface area contributed by atoms with E-state index in [1.807, 2.05) is 0 Å². The number of hydrogen-bond acceptors (Lipinski definition) is 4. The van der Waals surface area contributed by atoms with Crippen LogP contribution in [-0.4, -0.2) is 94.7 Å². The fourth-order valence-electron chi connectivity index (χ4n) is 6.58. The normalized spacial score (nSPS) is 28.7. The first kappa shape index (κ1) is 42.4. The number of nitrogens with zero attached hydrogens (tertiary/aromatic N) is 2. The summed E-state index contributed by atoms with van der Waals surface area (Å²) in [6.45, 7) is 24.2. The highest BCUT2D eigenvalue weighted by atomic mass is 35.5. The van der Waals surface area contributed by atoms with E-state index in [9.17, 15) is 0 Å². The van der Waals surface area contributed by atoms with Crippen molar-refractivity contribution in [3.8, 4) is 0 Å². The smallest absolute Gasteiger partial charge is 0.0997 e. The number of nitrogens with one attached hydrogen (secondary N) is 1. The molecule has 0 spiro atoms. The molecule has 0 bridgehead atoms. The Labute approximate surface area is 239 Å². The van der Waals surface area contributed by atoms with E-state index in [0.29, 0.717) is 22.8 Å². The van der Waals surface area contributed by atoms with Gasteiger partial charge in [-0.05, 0) is 101 Å². The molecule has 0 aromatic rings. The molecule has 3 fully saturated rings. The minimum atomic E-state index is -0.0518. The molecule has 38 heavy (non-hydrogen) atoms. The number of hydrogen-bond donors (Lipinski definition) is 1. The molecule has 0 aromatic heterocycles. The minimum absolute atomic E-state index is 0. The topological polar surface area (TPSA) is 154 Å². The van der Waals surface area contributed by atoms with Crippen molar-refractivity contribution in [2.75, 3.05) is 46.0 Å². The van der Waals surface area contributed by atoms with E-state index in [1.54, 1.807) is 0 Å². The van der Waals surface area contributed by atoms with Gasteiger partial charge in [-0.3, -0.25) is 4.90 Å². The molecule has 0 amide bonds. The van der Waals surface area contributed by atoms with Gasteiger partial charge in [0.1, 0.15) is 0 Å². The number of halogens is 1. The molecule has 3 rings (SSSR count). The maximum Gasteiger partial charge on any atom is 0.0997 e. The molecule has 1 saturated carbocycles. The van der Waals surface area contributed by atoms with Crippen LogP contribution in [-0.2, 0) is 4.74 Å². The predicted octanol–water partition coefficient (Wildman–Crippen LogP) is 3.18. The van der Waals surface area contributed by atoms with E-state index < -0.39 is 0 Å². The van der Waals surface area contributed by atoms with Gasteiger partial charge in [0.15, 0.2) is 0 Å². The van der Waals surface area contributed by atoms with Crippen LogP contribution in [0.3, 0.4) is 0 Å². The third kappa shape index (κ3) is 13.1. The van der Waals surface area contributed by atoms with Crippen molar-refractivity contribution in [2.45, 2.75) is 111 Å². The van der Waals surface area contributed by atoms with Crippen LogP contribution < -0.4 is 5.32 Å². The van der Waals surface area contributed by atoms with E-state index in [-0.39, 0.29) is 34.9 Å². The molecule has 1 aliphatic carbocycles. The summed E-state index contributed by atoms with van der Waals surface area (Å²) in [6.07, 6.45) is 7.79. The molecule has 3 aliphatic rings. The zero-order valence-corrected chi connectivity index (χ0v) is 25.6. The molecular formula is C29H66ClN3O5. The summed E-state index contributed by atoms with van der Waals surface area (Å²) >= 11 is 6.40. The van der Waals surface area contributed by atoms with Gasteiger partial charge in [0, 0.05) is 37.6 Å². The van der Waals surface area contributed by atoms with Gasteiger partial charge in [-0.15, -0.1) is 11.6 Å². The highest BCUT2D eigenvalue weighted by molar-refractivity contribution is 6.20. The number of alkyl halides is 1. The van der Waals surface area contributed by atoms with Gasteiger partial charge >= 0.3 is 0 Å². The molecule has 2 aliphatic heterocycles. The first-order valence-electron chi connectivity index (χ1n) is 13.9. The van der Waals surface area contributed by atoms with Gasteiger partial charge in [-0.2, -0.15) is 0 Å². The second-order valence-corrected chi connectivity index (χ2v) is 14.1. The second kappa shape index (κ2) is 18.4. The standard InChI is InChI=1S/C28H54ClN3O.CH4.4H2O/c1-21(2)26(30-16-22-12-14-32(17-22)20-33-27(3,4)5)18-31-15-13-25(28(6,7)19-31)23-8-10-24(29)11-9-23;;;;;/h21-26,30H,8-20H2,1-7H3;1H4;4*1H2/t22-,23?,24?,25?,26-;;;;;/m0...../s1. The fraction of sp³-hybridized carbons (Fsp3) is 1.00. The first-order chi connectivity index (χ1) is 15.4. The molecule has 0 aromatic carbocycles.